The number of ether oxygens (including phenoxy) is 1. The number of carbonyl (C=O) groups is 1. The molecule has 0 unspecified atom stereocenters. The maximum absolute atomic E-state index is 11.5. The monoisotopic (exact) mass is 269 g/mol. The van der Waals surface area contributed by atoms with Crippen LogP contribution in [0, 0.1) is 6.92 Å². The van der Waals surface area contributed by atoms with Crippen LogP contribution >= 0.6 is 0 Å². The summed E-state index contributed by atoms with van der Waals surface area (Å²) < 4.78 is 10.2. The molecule has 0 aromatic carbocycles. The summed E-state index contributed by atoms with van der Waals surface area (Å²) in [6.07, 6.45) is 0. The van der Waals surface area contributed by atoms with Gasteiger partial charge >= 0.3 is 5.97 Å². The van der Waals surface area contributed by atoms with Gasteiger partial charge in [0.2, 0.25) is 5.76 Å². The van der Waals surface area contributed by atoms with Crippen LogP contribution in [0.25, 0.3) is 0 Å². The predicted molar refractivity (Wildman–Crippen MR) is 72.0 cm³/mol. The van der Waals surface area contributed by atoms with Crippen LogP contribution in [0.3, 0.4) is 0 Å². The van der Waals surface area contributed by atoms with Crippen molar-refractivity contribution in [3.63, 3.8) is 0 Å². The van der Waals surface area contributed by atoms with E-state index in [2.05, 4.69) is 9.64 Å². The van der Waals surface area contributed by atoms with E-state index in [0.29, 0.717) is 18.8 Å². The third-order valence-electron chi connectivity index (χ3n) is 2.78. The second-order valence-electron chi connectivity index (χ2n) is 5.33. The van der Waals surface area contributed by atoms with Crippen LogP contribution in [0.5, 0.6) is 0 Å². The van der Waals surface area contributed by atoms with Gasteiger partial charge in [-0.25, -0.2) is 4.79 Å². The quantitative estimate of drug-likeness (QED) is 0.800. The Morgan fingerprint density at radius 1 is 1.53 bits per heavy atom. The summed E-state index contributed by atoms with van der Waals surface area (Å²) in [7, 11) is 1.33. The minimum Gasteiger partial charge on any atom is -0.463 e. The maximum Gasteiger partial charge on any atom is 0.374 e. The van der Waals surface area contributed by atoms with E-state index in [0.717, 1.165) is 12.1 Å². The van der Waals surface area contributed by atoms with Gasteiger partial charge < -0.3 is 14.3 Å². The molecule has 0 fully saturated rings. The van der Waals surface area contributed by atoms with Crippen LogP contribution in [-0.2, 0) is 11.3 Å². The summed E-state index contributed by atoms with van der Waals surface area (Å²) in [5.74, 6) is 0.482. The molecular weight excluding hydrogens is 246 g/mol. The van der Waals surface area contributed by atoms with Crippen molar-refractivity contribution in [2.24, 2.45) is 0 Å². The normalized spacial score (nSPS) is 11.9. The number of furan rings is 1. The van der Waals surface area contributed by atoms with Crippen molar-refractivity contribution in [1.82, 2.24) is 4.90 Å². The van der Waals surface area contributed by atoms with Crippen molar-refractivity contribution >= 4 is 5.97 Å². The number of likely N-dealkylation sites (N-methyl/N-ethyl adjacent to an activating group) is 1. The number of carbonyl (C=O) groups excluding carboxylic acids is 1. The molecule has 1 N–H and O–H groups in total. The summed E-state index contributed by atoms with van der Waals surface area (Å²) in [4.78, 5) is 13.5. The largest absolute Gasteiger partial charge is 0.463 e. The summed E-state index contributed by atoms with van der Waals surface area (Å²) >= 11 is 0. The van der Waals surface area contributed by atoms with Gasteiger partial charge in [-0.3, -0.25) is 4.90 Å². The van der Waals surface area contributed by atoms with Gasteiger partial charge in [-0.15, -0.1) is 0 Å². The number of methoxy groups -OCH3 is 1. The molecule has 0 amide bonds. The molecule has 0 atom stereocenters. The molecule has 0 radical (unpaired) electrons. The lowest BCUT2D eigenvalue weighted by atomic mass is 10.1. The lowest BCUT2D eigenvalue weighted by Crippen LogP contribution is -2.38. The molecular formula is C14H23NO4. The summed E-state index contributed by atoms with van der Waals surface area (Å²) in [5.41, 5.74) is 0.00388. The van der Waals surface area contributed by atoms with Gasteiger partial charge in [0.25, 0.3) is 0 Å². The van der Waals surface area contributed by atoms with Crippen LogP contribution in [-0.4, -0.2) is 41.8 Å². The third-order valence-corrected chi connectivity index (χ3v) is 2.78. The first-order chi connectivity index (χ1) is 8.76. The number of rotatable bonds is 6. The number of aliphatic hydroxyl groups is 1. The summed E-state index contributed by atoms with van der Waals surface area (Å²) in [6, 6.07) is 1.83. The van der Waals surface area contributed by atoms with E-state index < -0.39 is 11.6 Å². The molecule has 0 bridgehead atoms. The Bertz CT molecular complexity index is 431. The average molecular weight is 269 g/mol. The highest BCUT2D eigenvalue weighted by molar-refractivity contribution is 5.87. The number of esters is 1. The van der Waals surface area contributed by atoms with Crippen LogP contribution in [0.1, 0.15) is 42.6 Å². The number of nitrogens with zero attached hydrogens (tertiary/aromatic N) is 1. The Morgan fingerprint density at radius 3 is 2.63 bits per heavy atom. The lowest BCUT2D eigenvalue weighted by molar-refractivity contribution is 0.0327. The van der Waals surface area contributed by atoms with Crippen LogP contribution in [0.4, 0.5) is 0 Å². The van der Waals surface area contributed by atoms with Gasteiger partial charge in [0.1, 0.15) is 5.76 Å². The van der Waals surface area contributed by atoms with E-state index in [1.54, 1.807) is 13.8 Å². The van der Waals surface area contributed by atoms with Gasteiger partial charge in [-0.1, -0.05) is 6.92 Å². The molecule has 0 aliphatic carbocycles. The van der Waals surface area contributed by atoms with Crippen molar-refractivity contribution in [1.29, 1.82) is 0 Å². The highest BCUT2D eigenvalue weighted by Crippen LogP contribution is 2.18. The fraction of sp³-hybridized carbons (Fsp3) is 0.643. The standard InChI is InChI=1S/C14H23NO4/c1-6-15(9-14(3,4)17)8-11-7-10(2)12(19-11)13(16)18-5/h7,17H,6,8-9H2,1-5H3. The van der Waals surface area contributed by atoms with Crippen LogP contribution in [0.2, 0.25) is 0 Å². The Hall–Kier alpha value is -1.33. The van der Waals surface area contributed by atoms with Gasteiger partial charge in [-0.2, -0.15) is 0 Å². The highest BCUT2D eigenvalue weighted by Gasteiger charge is 2.20. The number of hydrogen-bond acceptors (Lipinski definition) is 5. The van der Waals surface area contributed by atoms with Crippen molar-refractivity contribution in [3.8, 4) is 0 Å². The minimum atomic E-state index is -0.761. The van der Waals surface area contributed by atoms with E-state index in [4.69, 9.17) is 4.42 Å². The Balaban J connectivity index is 2.78. The molecule has 0 saturated carbocycles. The fourth-order valence-electron chi connectivity index (χ4n) is 1.97. The molecule has 0 aliphatic rings. The SMILES string of the molecule is CCN(Cc1cc(C)c(C(=O)OC)o1)CC(C)(C)O. The maximum atomic E-state index is 11.5. The van der Waals surface area contributed by atoms with Crippen molar-refractivity contribution in [2.45, 2.75) is 39.8 Å². The Morgan fingerprint density at radius 2 is 2.16 bits per heavy atom. The van der Waals surface area contributed by atoms with Crippen molar-refractivity contribution in [3.05, 3.63) is 23.2 Å². The first-order valence-corrected chi connectivity index (χ1v) is 6.39. The molecule has 1 heterocycles. The Labute approximate surface area is 114 Å². The summed E-state index contributed by atoms with van der Waals surface area (Å²) in [6.45, 7) is 9.24. The van der Waals surface area contributed by atoms with Crippen LogP contribution in [0.15, 0.2) is 10.5 Å². The zero-order valence-electron chi connectivity index (χ0n) is 12.3. The highest BCUT2D eigenvalue weighted by atomic mass is 16.5. The van der Waals surface area contributed by atoms with Crippen molar-refractivity contribution < 1.29 is 19.1 Å². The minimum absolute atomic E-state index is 0.247. The Kier molecular flexibility index (Phi) is 5.14. The molecule has 5 heteroatoms. The second-order valence-corrected chi connectivity index (χ2v) is 5.33. The lowest BCUT2D eigenvalue weighted by Gasteiger charge is -2.27. The van der Waals surface area contributed by atoms with E-state index in [1.807, 2.05) is 19.9 Å². The molecule has 108 valence electrons. The molecule has 0 saturated heterocycles. The van der Waals surface area contributed by atoms with Crippen LogP contribution < -0.4 is 0 Å². The average Bonchev–Trinajstić information content (AvgIpc) is 2.66. The molecule has 19 heavy (non-hydrogen) atoms. The fourth-order valence-corrected chi connectivity index (χ4v) is 1.97. The third kappa shape index (κ3) is 4.69. The molecule has 1 aromatic heterocycles. The van der Waals surface area contributed by atoms with E-state index in [9.17, 15) is 9.90 Å². The zero-order valence-corrected chi connectivity index (χ0v) is 12.3. The first kappa shape index (κ1) is 15.7. The van der Waals surface area contributed by atoms with Gasteiger partial charge in [0.15, 0.2) is 0 Å². The molecule has 0 spiro atoms. The van der Waals surface area contributed by atoms with Gasteiger partial charge in [-0.05, 0) is 33.4 Å². The number of aryl methyl sites for hydroxylation is 1. The van der Waals surface area contributed by atoms with E-state index >= 15 is 0 Å². The first-order valence-electron chi connectivity index (χ1n) is 6.39. The molecule has 0 aliphatic heterocycles. The topological polar surface area (TPSA) is 62.9 Å². The van der Waals surface area contributed by atoms with Gasteiger partial charge in [0, 0.05) is 12.1 Å². The van der Waals surface area contributed by atoms with Gasteiger partial charge in [0.05, 0.1) is 19.3 Å². The smallest absolute Gasteiger partial charge is 0.374 e. The molecule has 1 rings (SSSR count). The second kappa shape index (κ2) is 6.21. The van der Waals surface area contributed by atoms with E-state index in [-0.39, 0.29) is 5.76 Å². The zero-order chi connectivity index (χ0) is 14.6. The molecule has 5 nitrogen and oxygen atoms in total. The molecule has 1 aromatic rings. The van der Waals surface area contributed by atoms with Crippen molar-refractivity contribution in [2.75, 3.05) is 20.2 Å². The number of hydrogen-bond donors (Lipinski definition) is 1. The van der Waals surface area contributed by atoms with E-state index in [1.165, 1.54) is 7.11 Å². The predicted octanol–water partition coefficient (Wildman–Crippen LogP) is 1.97. The summed E-state index contributed by atoms with van der Waals surface area (Å²) in [5, 5.41) is 9.84.